The number of amides is 1. The summed E-state index contributed by atoms with van der Waals surface area (Å²) in [5.41, 5.74) is 3.24. The van der Waals surface area contributed by atoms with Crippen molar-refractivity contribution >= 4 is 16.8 Å². The van der Waals surface area contributed by atoms with E-state index in [0.29, 0.717) is 17.5 Å². The minimum Gasteiger partial charge on any atom is -0.330 e. The van der Waals surface area contributed by atoms with Crippen LogP contribution in [0.5, 0.6) is 0 Å². The van der Waals surface area contributed by atoms with Crippen LogP contribution in [0.25, 0.3) is 10.9 Å². The van der Waals surface area contributed by atoms with Crippen LogP contribution in [-0.4, -0.2) is 20.7 Å². The van der Waals surface area contributed by atoms with Gasteiger partial charge >= 0.3 is 0 Å². The second kappa shape index (κ2) is 6.82. The molecule has 0 atom stereocenters. The summed E-state index contributed by atoms with van der Waals surface area (Å²) in [6.45, 7) is 3.67. The van der Waals surface area contributed by atoms with Crippen LogP contribution >= 0.6 is 0 Å². The number of nitrogens with zero attached hydrogens (tertiary/aromatic N) is 2. The van der Waals surface area contributed by atoms with E-state index in [1.54, 1.807) is 34.6 Å². The molecule has 0 aliphatic rings. The summed E-state index contributed by atoms with van der Waals surface area (Å²) >= 11 is 0. The number of pyridine rings is 1. The zero-order valence-electron chi connectivity index (χ0n) is 13.2. The van der Waals surface area contributed by atoms with Crippen LogP contribution in [0.2, 0.25) is 0 Å². The fraction of sp³-hybridized carbons (Fsp3) is 0.111. The molecule has 0 saturated heterocycles. The van der Waals surface area contributed by atoms with Crippen LogP contribution in [0.3, 0.4) is 0 Å². The molecule has 3 aromatic rings. The number of hydrogen-bond acceptors (Lipinski definition) is 3. The monoisotopic (exact) mass is 343 g/mol. The second-order valence-corrected chi connectivity index (χ2v) is 5.48. The maximum absolute atomic E-state index is 14.1. The number of rotatable bonds is 5. The van der Waals surface area contributed by atoms with Crippen LogP contribution in [0.4, 0.5) is 8.78 Å². The predicted octanol–water partition coefficient (Wildman–Crippen LogP) is 3.21. The van der Waals surface area contributed by atoms with E-state index in [1.807, 2.05) is 0 Å². The first-order valence-corrected chi connectivity index (χ1v) is 7.51. The molecule has 0 bridgehead atoms. The highest BCUT2D eigenvalue weighted by Gasteiger charge is 2.22. The fourth-order valence-corrected chi connectivity index (χ4v) is 2.92. The lowest BCUT2D eigenvalue weighted by Gasteiger charge is -2.11. The van der Waals surface area contributed by atoms with Gasteiger partial charge in [-0.3, -0.25) is 15.0 Å². The topological polar surface area (TPSA) is 67.2 Å². The third-order valence-corrected chi connectivity index (χ3v) is 3.98. The molecule has 0 spiro atoms. The largest absolute Gasteiger partial charge is 0.330 e. The van der Waals surface area contributed by atoms with Crippen molar-refractivity contribution in [3.63, 3.8) is 0 Å². The lowest BCUT2D eigenvalue weighted by Crippen LogP contribution is -2.24. The molecule has 0 fully saturated rings. The van der Waals surface area contributed by atoms with Crippen molar-refractivity contribution in [1.29, 1.82) is 0 Å². The molecule has 25 heavy (non-hydrogen) atoms. The van der Waals surface area contributed by atoms with E-state index >= 15 is 0 Å². The van der Waals surface area contributed by atoms with Gasteiger partial charge in [0.2, 0.25) is 0 Å². The predicted molar refractivity (Wildman–Crippen MR) is 88.3 cm³/mol. The van der Waals surface area contributed by atoms with Gasteiger partial charge in [-0.15, -0.1) is 6.58 Å². The molecule has 3 rings (SSSR count). The van der Waals surface area contributed by atoms with Crippen LogP contribution in [-0.2, 0) is 13.0 Å². The summed E-state index contributed by atoms with van der Waals surface area (Å²) in [5, 5.41) is 9.86. The SMILES string of the molecule is C=CCc1c(C(=O)NO)n(Cc2ccc(F)cc2F)c2cnccc12. The molecule has 0 saturated carbocycles. The molecule has 7 heteroatoms. The fourth-order valence-electron chi connectivity index (χ4n) is 2.92. The molecule has 0 unspecified atom stereocenters. The van der Waals surface area contributed by atoms with Crippen molar-refractivity contribution in [2.45, 2.75) is 13.0 Å². The minimum absolute atomic E-state index is 0.0196. The van der Waals surface area contributed by atoms with E-state index < -0.39 is 17.5 Å². The molecule has 2 aromatic heterocycles. The number of aromatic nitrogens is 2. The number of halogens is 2. The average molecular weight is 343 g/mol. The van der Waals surface area contributed by atoms with Gasteiger partial charge in [-0.1, -0.05) is 12.1 Å². The molecule has 2 N–H and O–H groups in total. The summed E-state index contributed by atoms with van der Waals surface area (Å²) in [7, 11) is 0. The molecule has 2 heterocycles. The van der Waals surface area contributed by atoms with Gasteiger partial charge in [0.15, 0.2) is 0 Å². The first-order chi connectivity index (χ1) is 12.1. The van der Waals surface area contributed by atoms with Crippen LogP contribution in [0, 0.1) is 11.6 Å². The summed E-state index contributed by atoms with van der Waals surface area (Å²) in [4.78, 5) is 16.3. The van der Waals surface area contributed by atoms with E-state index in [-0.39, 0.29) is 17.8 Å². The van der Waals surface area contributed by atoms with Crippen molar-refractivity contribution in [2.24, 2.45) is 0 Å². The normalized spacial score (nSPS) is 10.8. The van der Waals surface area contributed by atoms with Crippen molar-refractivity contribution in [1.82, 2.24) is 15.0 Å². The van der Waals surface area contributed by atoms with E-state index in [4.69, 9.17) is 5.21 Å². The molecular formula is C18H15F2N3O2. The number of carbonyl (C=O) groups excluding carboxylic acids is 1. The van der Waals surface area contributed by atoms with E-state index in [9.17, 15) is 13.6 Å². The Bertz CT molecular complexity index is 966. The van der Waals surface area contributed by atoms with Gasteiger partial charge in [0, 0.05) is 23.2 Å². The number of benzene rings is 1. The van der Waals surface area contributed by atoms with E-state index in [0.717, 1.165) is 17.5 Å². The molecule has 128 valence electrons. The standard InChI is InChI=1S/C18H15F2N3O2/c1-2-3-14-13-6-7-21-9-16(13)23(17(14)18(24)22-25)10-11-4-5-12(19)8-15(11)20/h2,4-9,25H,1,3,10H2,(H,22,24). The van der Waals surface area contributed by atoms with Gasteiger partial charge in [-0.2, -0.15) is 0 Å². The first-order valence-electron chi connectivity index (χ1n) is 7.51. The summed E-state index contributed by atoms with van der Waals surface area (Å²) in [5.74, 6) is -2.12. The average Bonchev–Trinajstić information content (AvgIpc) is 2.91. The Morgan fingerprint density at radius 2 is 2.16 bits per heavy atom. The van der Waals surface area contributed by atoms with Crippen LogP contribution in [0.15, 0.2) is 49.3 Å². The van der Waals surface area contributed by atoms with Gasteiger partial charge in [0.25, 0.3) is 5.91 Å². The van der Waals surface area contributed by atoms with E-state index in [2.05, 4.69) is 11.6 Å². The Hall–Kier alpha value is -3.06. The van der Waals surface area contributed by atoms with Gasteiger partial charge in [0.1, 0.15) is 17.3 Å². The molecule has 5 nitrogen and oxygen atoms in total. The van der Waals surface area contributed by atoms with Gasteiger partial charge in [-0.05, 0) is 24.1 Å². The summed E-state index contributed by atoms with van der Waals surface area (Å²) in [6, 6.07) is 5.00. The lowest BCUT2D eigenvalue weighted by atomic mass is 10.1. The Morgan fingerprint density at radius 1 is 1.36 bits per heavy atom. The third kappa shape index (κ3) is 3.01. The number of carbonyl (C=O) groups is 1. The van der Waals surface area contributed by atoms with E-state index in [1.165, 1.54) is 6.07 Å². The molecule has 0 aliphatic heterocycles. The van der Waals surface area contributed by atoms with Crippen LogP contribution < -0.4 is 5.48 Å². The Morgan fingerprint density at radius 3 is 2.84 bits per heavy atom. The van der Waals surface area contributed by atoms with Crippen LogP contribution in [0.1, 0.15) is 21.6 Å². The van der Waals surface area contributed by atoms with Gasteiger partial charge in [-0.25, -0.2) is 14.3 Å². The molecule has 1 aromatic carbocycles. The smallest absolute Gasteiger partial charge is 0.291 e. The Kier molecular flexibility index (Phi) is 4.58. The van der Waals surface area contributed by atoms with Crippen molar-refractivity contribution in [3.05, 3.63) is 77.8 Å². The Balaban J connectivity index is 2.25. The molecule has 1 amide bonds. The van der Waals surface area contributed by atoms with Crippen molar-refractivity contribution in [2.75, 3.05) is 0 Å². The number of nitrogens with one attached hydrogen (secondary N) is 1. The minimum atomic E-state index is -0.726. The molecular weight excluding hydrogens is 328 g/mol. The molecule has 0 aliphatic carbocycles. The number of allylic oxidation sites excluding steroid dienone is 1. The zero-order valence-corrected chi connectivity index (χ0v) is 13.2. The number of fused-ring (bicyclic) bond motifs is 1. The quantitative estimate of drug-likeness (QED) is 0.425. The molecule has 0 radical (unpaired) electrons. The zero-order chi connectivity index (χ0) is 18.0. The third-order valence-electron chi connectivity index (χ3n) is 3.98. The number of hydrogen-bond donors (Lipinski definition) is 2. The number of hydroxylamine groups is 1. The second-order valence-electron chi connectivity index (χ2n) is 5.48. The highest BCUT2D eigenvalue weighted by atomic mass is 19.1. The van der Waals surface area contributed by atoms with Gasteiger partial charge in [0.05, 0.1) is 18.3 Å². The van der Waals surface area contributed by atoms with Crippen molar-refractivity contribution < 1.29 is 18.8 Å². The first kappa shape index (κ1) is 16.8. The Labute approximate surface area is 142 Å². The lowest BCUT2D eigenvalue weighted by molar-refractivity contribution is 0.0696. The van der Waals surface area contributed by atoms with Crippen molar-refractivity contribution in [3.8, 4) is 0 Å². The van der Waals surface area contributed by atoms with Gasteiger partial charge < -0.3 is 4.57 Å². The summed E-state index contributed by atoms with van der Waals surface area (Å²) < 4.78 is 28.8. The maximum Gasteiger partial charge on any atom is 0.291 e. The maximum atomic E-state index is 14.1. The highest BCUT2D eigenvalue weighted by molar-refractivity contribution is 6.01. The summed E-state index contributed by atoms with van der Waals surface area (Å²) in [6.07, 6.45) is 5.14. The highest BCUT2D eigenvalue weighted by Crippen LogP contribution is 2.28.